The van der Waals surface area contributed by atoms with Gasteiger partial charge in [0.1, 0.15) is 5.82 Å². The quantitative estimate of drug-likeness (QED) is 0.460. The van der Waals surface area contributed by atoms with E-state index in [1.807, 2.05) is 61.5 Å². The van der Waals surface area contributed by atoms with Crippen LogP contribution < -0.4 is 5.32 Å². The van der Waals surface area contributed by atoms with Crippen molar-refractivity contribution >= 4 is 28.6 Å². The van der Waals surface area contributed by atoms with Crippen LogP contribution in [0, 0.1) is 6.92 Å². The van der Waals surface area contributed by atoms with Crippen LogP contribution in [0.4, 0.5) is 5.69 Å². The SMILES string of the molecule is CCOC(=O)c1ccc2nc(C)n(Cc3ccc(NC(=O)c4ccccc4)cc3)c2c1. The molecule has 6 heteroatoms. The number of fused-ring (bicyclic) bond motifs is 1. The number of hydrogen-bond donors (Lipinski definition) is 1. The van der Waals surface area contributed by atoms with Gasteiger partial charge in [-0.25, -0.2) is 9.78 Å². The Bertz CT molecular complexity index is 1230. The van der Waals surface area contributed by atoms with Crippen LogP contribution in [-0.2, 0) is 11.3 Å². The van der Waals surface area contributed by atoms with Crippen LogP contribution in [0.5, 0.6) is 0 Å². The van der Waals surface area contributed by atoms with E-state index < -0.39 is 0 Å². The Labute approximate surface area is 180 Å². The summed E-state index contributed by atoms with van der Waals surface area (Å²) in [6, 6.07) is 22.2. The number of benzene rings is 3. The fraction of sp³-hybridized carbons (Fsp3) is 0.160. The fourth-order valence-corrected chi connectivity index (χ4v) is 3.45. The summed E-state index contributed by atoms with van der Waals surface area (Å²) in [5.74, 6) is 0.377. The van der Waals surface area contributed by atoms with E-state index in [1.54, 1.807) is 25.1 Å². The Morgan fingerprint density at radius 2 is 1.71 bits per heavy atom. The molecule has 31 heavy (non-hydrogen) atoms. The zero-order valence-electron chi connectivity index (χ0n) is 17.5. The molecule has 6 nitrogen and oxygen atoms in total. The van der Waals surface area contributed by atoms with Crippen molar-refractivity contribution in [2.45, 2.75) is 20.4 Å². The van der Waals surface area contributed by atoms with Crippen LogP contribution in [0.15, 0.2) is 72.8 Å². The van der Waals surface area contributed by atoms with Gasteiger partial charge in [0.05, 0.1) is 23.2 Å². The highest BCUT2D eigenvalue weighted by atomic mass is 16.5. The maximum absolute atomic E-state index is 12.3. The average Bonchev–Trinajstić information content (AvgIpc) is 3.10. The van der Waals surface area contributed by atoms with Crippen molar-refractivity contribution in [2.24, 2.45) is 0 Å². The number of hydrogen-bond acceptors (Lipinski definition) is 4. The molecule has 156 valence electrons. The first kappa shape index (κ1) is 20.3. The van der Waals surface area contributed by atoms with Gasteiger partial charge >= 0.3 is 5.97 Å². The minimum absolute atomic E-state index is 0.142. The second kappa shape index (κ2) is 8.83. The average molecular weight is 413 g/mol. The van der Waals surface area contributed by atoms with E-state index in [2.05, 4.69) is 14.9 Å². The van der Waals surface area contributed by atoms with E-state index in [0.29, 0.717) is 24.3 Å². The number of nitrogens with zero attached hydrogens (tertiary/aromatic N) is 2. The molecule has 0 aliphatic heterocycles. The Morgan fingerprint density at radius 1 is 0.968 bits per heavy atom. The van der Waals surface area contributed by atoms with Gasteiger partial charge in [0.2, 0.25) is 0 Å². The summed E-state index contributed by atoms with van der Waals surface area (Å²) >= 11 is 0. The molecule has 0 radical (unpaired) electrons. The van der Waals surface area contributed by atoms with Crippen LogP contribution in [-0.4, -0.2) is 28.0 Å². The number of ether oxygens (including phenoxy) is 1. The number of aromatic nitrogens is 2. The monoisotopic (exact) mass is 413 g/mol. The van der Waals surface area contributed by atoms with Crippen molar-refractivity contribution in [3.05, 3.63) is 95.3 Å². The van der Waals surface area contributed by atoms with Gasteiger partial charge in [-0.3, -0.25) is 4.79 Å². The molecule has 4 aromatic rings. The van der Waals surface area contributed by atoms with Gasteiger partial charge in [-0.05, 0) is 61.9 Å². The van der Waals surface area contributed by atoms with Gasteiger partial charge < -0.3 is 14.6 Å². The number of nitrogens with one attached hydrogen (secondary N) is 1. The zero-order chi connectivity index (χ0) is 21.8. The van der Waals surface area contributed by atoms with E-state index in [4.69, 9.17) is 4.74 Å². The number of anilines is 1. The van der Waals surface area contributed by atoms with Crippen LogP contribution in [0.1, 0.15) is 39.0 Å². The lowest BCUT2D eigenvalue weighted by Gasteiger charge is -2.10. The van der Waals surface area contributed by atoms with E-state index in [9.17, 15) is 9.59 Å². The lowest BCUT2D eigenvalue weighted by molar-refractivity contribution is 0.0526. The number of carbonyl (C=O) groups excluding carboxylic acids is 2. The first-order chi connectivity index (χ1) is 15.0. The second-order valence-corrected chi connectivity index (χ2v) is 7.19. The van der Waals surface area contributed by atoms with Gasteiger partial charge in [0, 0.05) is 17.8 Å². The van der Waals surface area contributed by atoms with E-state index in [-0.39, 0.29) is 11.9 Å². The molecular formula is C25H23N3O3. The largest absolute Gasteiger partial charge is 0.462 e. The molecule has 0 spiro atoms. The summed E-state index contributed by atoms with van der Waals surface area (Å²) < 4.78 is 7.18. The Hall–Kier alpha value is -3.93. The van der Waals surface area contributed by atoms with Crippen LogP contribution in [0.2, 0.25) is 0 Å². The van der Waals surface area contributed by atoms with Crippen LogP contribution in [0.3, 0.4) is 0 Å². The molecule has 0 saturated heterocycles. The number of esters is 1. The maximum atomic E-state index is 12.3. The minimum atomic E-state index is -0.340. The summed E-state index contributed by atoms with van der Waals surface area (Å²) in [7, 11) is 0. The van der Waals surface area contributed by atoms with Gasteiger partial charge in [-0.15, -0.1) is 0 Å². The van der Waals surface area contributed by atoms with Crippen molar-refractivity contribution in [1.82, 2.24) is 9.55 Å². The second-order valence-electron chi connectivity index (χ2n) is 7.19. The molecule has 0 aliphatic rings. The Balaban J connectivity index is 1.53. The van der Waals surface area contributed by atoms with Gasteiger partial charge in [0.15, 0.2) is 0 Å². The summed E-state index contributed by atoms with van der Waals surface area (Å²) in [5, 5.41) is 2.91. The Morgan fingerprint density at radius 3 is 2.42 bits per heavy atom. The molecule has 4 rings (SSSR count). The van der Waals surface area contributed by atoms with Gasteiger partial charge in [-0.2, -0.15) is 0 Å². The van der Waals surface area contributed by atoms with E-state index in [1.165, 1.54) is 0 Å². The normalized spacial score (nSPS) is 10.8. The summed E-state index contributed by atoms with van der Waals surface area (Å²) in [6.07, 6.45) is 0. The third-order valence-electron chi connectivity index (χ3n) is 5.04. The molecule has 1 amide bonds. The van der Waals surface area contributed by atoms with Crippen molar-refractivity contribution in [3.8, 4) is 0 Å². The molecule has 3 aromatic carbocycles. The third kappa shape index (κ3) is 4.48. The molecule has 1 N–H and O–H groups in total. The number of imidazole rings is 1. The van der Waals surface area contributed by atoms with Crippen LogP contribution in [0.25, 0.3) is 11.0 Å². The smallest absolute Gasteiger partial charge is 0.338 e. The zero-order valence-corrected chi connectivity index (χ0v) is 17.5. The lowest BCUT2D eigenvalue weighted by Crippen LogP contribution is -2.11. The first-order valence-corrected chi connectivity index (χ1v) is 10.1. The molecule has 0 unspecified atom stereocenters. The first-order valence-electron chi connectivity index (χ1n) is 10.1. The molecular weight excluding hydrogens is 390 g/mol. The molecule has 0 atom stereocenters. The fourth-order valence-electron chi connectivity index (χ4n) is 3.45. The van der Waals surface area contributed by atoms with E-state index in [0.717, 1.165) is 28.1 Å². The van der Waals surface area contributed by atoms with E-state index >= 15 is 0 Å². The summed E-state index contributed by atoms with van der Waals surface area (Å²) in [4.78, 5) is 29.0. The predicted octanol–water partition coefficient (Wildman–Crippen LogP) is 4.82. The van der Waals surface area contributed by atoms with Crippen molar-refractivity contribution in [2.75, 3.05) is 11.9 Å². The molecule has 0 aliphatic carbocycles. The number of rotatable bonds is 6. The van der Waals surface area contributed by atoms with Crippen LogP contribution >= 0.6 is 0 Å². The molecule has 1 aromatic heterocycles. The van der Waals surface area contributed by atoms with Gasteiger partial charge in [-0.1, -0.05) is 30.3 Å². The molecule has 0 bridgehead atoms. The molecule has 1 heterocycles. The van der Waals surface area contributed by atoms with Gasteiger partial charge in [0.25, 0.3) is 5.91 Å². The lowest BCUT2D eigenvalue weighted by atomic mass is 10.1. The Kier molecular flexibility index (Phi) is 5.80. The molecule has 0 fully saturated rings. The third-order valence-corrected chi connectivity index (χ3v) is 5.04. The maximum Gasteiger partial charge on any atom is 0.338 e. The highest BCUT2D eigenvalue weighted by molar-refractivity contribution is 6.04. The highest BCUT2D eigenvalue weighted by Gasteiger charge is 2.13. The predicted molar refractivity (Wildman–Crippen MR) is 120 cm³/mol. The highest BCUT2D eigenvalue weighted by Crippen LogP contribution is 2.21. The number of aryl methyl sites for hydroxylation is 1. The van der Waals surface area contributed by atoms with Crippen molar-refractivity contribution in [3.63, 3.8) is 0 Å². The molecule has 0 saturated carbocycles. The number of amides is 1. The summed E-state index contributed by atoms with van der Waals surface area (Å²) in [5.41, 5.74) is 4.62. The van der Waals surface area contributed by atoms with Crippen molar-refractivity contribution in [1.29, 1.82) is 0 Å². The minimum Gasteiger partial charge on any atom is -0.462 e. The standard InChI is InChI=1S/C25H23N3O3/c1-3-31-25(30)20-11-14-22-23(15-20)28(17(2)26-22)16-18-9-12-21(13-10-18)27-24(29)19-7-5-4-6-8-19/h4-15H,3,16H2,1-2H3,(H,27,29). The topological polar surface area (TPSA) is 73.2 Å². The summed E-state index contributed by atoms with van der Waals surface area (Å²) in [6.45, 7) is 4.67. The number of carbonyl (C=O) groups is 2. The van der Waals surface area contributed by atoms with Crippen molar-refractivity contribution < 1.29 is 14.3 Å².